The number of rotatable bonds is 8. The van der Waals surface area contributed by atoms with E-state index < -0.39 is 0 Å². The lowest BCUT2D eigenvalue weighted by Crippen LogP contribution is -2.21. The quantitative estimate of drug-likeness (QED) is 0.415. The van der Waals surface area contributed by atoms with Crippen molar-refractivity contribution in [3.8, 4) is 16.9 Å². The number of nitrogens with zero attached hydrogens (tertiary/aromatic N) is 1. The molecular weight excluding hydrogens is 376 g/mol. The molecule has 1 aliphatic rings. The summed E-state index contributed by atoms with van der Waals surface area (Å²) in [7, 11) is 1.62. The third-order valence-electron chi connectivity index (χ3n) is 5.44. The number of aromatic nitrogens is 1. The fourth-order valence-corrected chi connectivity index (χ4v) is 3.86. The van der Waals surface area contributed by atoms with Gasteiger partial charge >= 0.3 is 0 Å². The van der Waals surface area contributed by atoms with E-state index in [0.717, 1.165) is 36.6 Å². The van der Waals surface area contributed by atoms with E-state index in [1.807, 2.05) is 12.3 Å². The van der Waals surface area contributed by atoms with Crippen LogP contribution in [0.2, 0.25) is 0 Å². The topological polar surface area (TPSA) is 52.6 Å². The molecule has 30 heavy (non-hydrogen) atoms. The van der Waals surface area contributed by atoms with Gasteiger partial charge in [-0.1, -0.05) is 42.0 Å². The molecule has 0 saturated heterocycles. The maximum Gasteiger partial charge on any atom is 0.146 e. The number of nitrogens with one attached hydrogen (secondary N) is 1. The highest BCUT2D eigenvalue weighted by Crippen LogP contribution is 2.37. The van der Waals surface area contributed by atoms with Crippen molar-refractivity contribution in [2.75, 3.05) is 32.4 Å². The molecule has 4 rings (SSSR count). The van der Waals surface area contributed by atoms with Crippen LogP contribution in [0.1, 0.15) is 29.0 Å². The Bertz CT molecular complexity index is 990. The SMILES string of the molecule is COCOCc1ccncc1NC[C@@H]1CCOc2cc(-c3cccc(C)c3)ccc21. The smallest absolute Gasteiger partial charge is 0.146 e. The highest BCUT2D eigenvalue weighted by Gasteiger charge is 2.22. The molecule has 0 spiro atoms. The Balaban J connectivity index is 1.48. The number of benzene rings is 2. The summed E-state index contributed by atoms with van der Waals surface area (Å²) in [6.07, 6.45) is 4.62. The Morgan fingerprint density at radius 2 is 2.03 bits per heavy atom. The van der Waals surface area contributed by atoms with Crippen molar-refractivity contribution in [1.82, 2.24) is 4.98 Å². The van der Waals surface area contributed by atoms with Gasteiger partial charge in [0, 0.05) is 31.3 Å². The average Bonchev–Trinajstić information content (AvgIpc) is 2.78. The third-order valence-corrected chi connectivity index (χ3v) is 5.44. The van der Waals surface area contributed by atoms with Gasteiger partial charge in [-0.15, -0.1) is 0 Å². The maximum absolute atomic E-state index is 6.01. The average molecular weight is 405 g/mol. The lowest BCUT2D eigenvalue weighted by Gasteiger charge is -2.27. The van der Waals surface area contributed by atoms with Crippen molar-refractivity contribution < 1.29 is 14.2 Å². The molecule has 1 atom stereocenters. The van der Waals surface area contributed by atoms with Gasteiger partial charge < -0.3 is 19.5 Å². The second-order valence-corrected chi connectivity index (χ2v) is 7.62. The van der Waals surface area contributed by atoms with Crippen LogP contribution in [0.5, 0.6) is 5.75 Å². The summed E-state index contributed by atoms with van der Waals surface area (Å²) in [5, 5.41) is 3.57. The lowest BCUT2D eigenvalue weighted by molar-refractivity contribution is -0.0389. The molecule has 1 aliphatic heterocycles. The summed E-state index contributed by atoms with van der Waals surface area (Å²) in [5.74, 6) is 1.37. The first-order chi connectivity index (χ1) is 14.7. The summed E-state index contributed by atoms with van der Waals surface area (Å²) < 4.78 is 16.5. The van der Waals surface area contributed by atoms with E-state index >= 15 is 0 Å². The van der Waals surface area contributed by atoms with Crippen LogP contribution < -0.4 is 10.1 Å². The predicted octanol–water partition coefficient (Wildman–Crippen LogP) is 5.16. The Morgan fingerprint density at radius 1 is 1.13 bits per heavy atom. The summed E-state index contributed by atoms with van der Waals surface area (Å²) in [4.78, 5) is 4.26. The van der Waals surface area contributed by atoms with E-state index in [0.29, 0.717) is 12.5 Å². The molecule has 0 saturated carbocycles. The lowest BCUT2D eigenvalue weighted by atomic mass is 9.90. The molecule has 0 bridgehead atoms. The van der Waals surface area contributed by atoms with E-state index in [4.69, 9.17) is 14.2 Å². The van der Waals surface area contributed by atoms with Crippen molar-refractivity contribution in [2.45, 2.75) is 25.9 Å². The maximum atomic E-state index is 6.01. The van der Waals surface area contributed by atoms with Crippen molar-refractivity contribution in [2.24, 2.45) is 0 Å². The second-order valence-electron chi connectivity index (χ2n) is 7.62. The van der Waals surface area contributed by atoms with Crippen LogP contribution in [0.25, 0.3) is 11.1 Å². The molecule has 2 heterocycles. The van der Waals surface area contributed by atoms with E-state index in [9.17, 15) is 0 Å². The Kier molecular flexibility index (Phi) is 6.62. The van der Waals surface area contributed by atoms with Crippen molar-refractivity contribution >= 4 is 5.69 Å². The van der Waals surface area contributed by atoms with Crippen LogP contribution >= 0.6 is 0 Å². The van der Waals surface area contributed by atoms with Gasteiger partial charge in [0.25, 0.3) is 0 Å². The first-order valence-corrected chi connectivity index (χ1v) is 10.3. The molecule has 5 heteroatoms. The molecule has 5 nitrogen and oxygen atoms in total. The van der Waals surface area contributed by atoms with Gasteiger partial charge in [-0.3, -0.25) is 4.98 Å². The Hall–Kier alpha value is -2.89. The largest absolute Gasteiger partial charge is 0.493 e. The zero-order valence-corrected chi connectivity index (χ0v) is 17.6. The van der Waals surface area contributed by atoms with E-state index in [2.05, 4.69) is 59.7 Å². The number of hydrogen-bond acceptors (Lipinski definition) is 5. The van der Waals surface area contributed by atoms with Gasteiger partial charge in [0.2, 0.25) is 0 Å². The number of hydrogen-bond donors (Lipinski definition) is 1. The molecule has 1 N–H and O–H groups in total. The number of aryl methyl sites for hydroxylation is 1. The normalized spacial score (nSPS) is 15.3. The first kappa shape index (κ1) is 20.4. The zero-order valence-electron chi connectivity index (χ0n) is 17.6. The molecular formula is C25H28N2O3. The molecule has 3 aromatic rings. The minimum Gasteiger partial charge on any atom is -0.493 e. The number of ether oxygens (including phenoxy) is 3. The molecule has 0 fully saturated rings. The standard InChI is InChI=1S/C25H28N2O3/c1-18-4-3-5-19(12-18)20-6-7-23-21(9-11-30-25(23)13-20)14-27-24-15-26-10-8-22(24)16-29-17-28-2/h3-8,10,12-13,15,21,27H,9,11,14,16-17H2,1-2H3/t21-/m0/s1. The highest BCUT2D eigenvalue weighted by atomic mass is 16.7. The number of anilines is 1. The second kappa shape index (κ2) is 9.74. The number of methoxy groups -OCH3 is 1. The minimum absolute atomic E-state index is 0.276. The summed E-state index contributed by atoms with van der Waals surface area (Å²) >= 11 is 0. The van der Waals surface area contributed by atoms with Gasteiger partial charge in [0.05, 0.1) is 25.1 Å². The van der Waals surface area contributed by atoms with Crippen molar-refractivity contribution in [1.29, 1.82) is 0 Å². The van der Waals surface area contributed by atoms with Gasteiger partial charge in [-0.2, -0.15) is 0 Å². The minimum atomic E-state index is 0.276. The Labute approximate surface area is 178 Å². The fourth-order valence-electron chi connectivity index (χ4n) is 3.86. The molecule has 0 amide bonds. The Morgan fingerprint density at radius 3 is 2.90 bits per heavy atom. The van der Waals surface area contributed by atoms with Crippen LogP contribution in [0, 0.1) is 6.92 Å². The van der Waals surface area contributed by atoms with Crippen LogP contribution in [0.15, 0.2) is 60.9 Å². The van der Waals surface area contributed by atoms with Crippen LogP contribution in [-0.2, 0) is 16.1 Å². The zero-order chi connectivity index (χ0) is 20.8. The molecule has 1 aromatic heterocycles. The molecule has 2 aromatic carbocycles. The number of fused-ring (bicyclic) bond motifs is 1. The molecule has 0 unspecified atom stereocenters. The van der Waals surface area contributed by atoms with Gasteiger partial charge in [-0.25, -0.2) is 0 Å². The van der Waals surface area contributed by atoms with E-state index in [-0.39, 0.29) is 6.79 Å². The van der Waals surface area contributed by atoms with E-state index in [1.165, 1.54) is 22.3 Å². The monoisotopic (exact) mass is 404 g/mol. The van der Waals surface area contributed by atoms with Crippen LogP contribution in [-0.4, -0.2) is 32.0 Å². The summed E-state index contributed by atoms with van der Waals surface area (Å²) in [6, 6.07) is 17.1. The first-order valence-electron chi connectivity index (χ1n) is 10.3. The van der Waals surface area contributed by atoms with Gasteiger partial charge in [0.15, 0.2) is 0 Å². The van der Waals surface area contributed by atoms with Crippen LogP contribution in [0.3, 0.4) is 0 Å². The van der Waals surface area contributed by atoms with Crippen molar-refractivity contribution in [3.63, 3.8) is 0 Å². The third kappa shape index (κ3) is 4.81. The van der Waals surface area contributed by atoms with E-state index in [1.54, 1.807) is 13.3 Å². The predicted molar refractivity (Wildman–Crippen MR) is 119 cm³/mol. The fraction of sp³-hybridized carbons (Fsp3) is 0.320. The highest BCUT2D eigenvalue weighted by molar-refractivity contribution is 5.67. The summed E-state index contributed by atoms with van der Waals surface area (Å²) in [6.45, 7) is 4.44. The van der Waals surface area contributed by atoms with Crippen molar-refractivity contribution in [3.05, 3.63) is 77.6 Å². The molecule has 0 radical (unpaired) electrons. The molecule has 0 aliphatic carbocycles. The number of pyridine rings is 1. The summed E-state index contributed by atoms with van der Waals surface area (Å²) in [5.41, 5.74) is 7.00. The van der Waals surface area contributed by atoms with Gasteiger partial charge in [0.1, 0.15) is 12.5 Å². The molecule has 156 valence electrons. The van der Waals surface area contributed by atoms with Crippen LogP contribution in [0.4, 0.5) is 5.69 Å². The van der Waals surface area contributed by atoms with Gasteiger partial charge in [-0.05, 0) is 42.2 Å².